The molecule has 0 amide bonds. The third kappa shape index (κ3) is 13.8. The van der Waals surface area contributed by atoms with Crippen LogP contribution in [0.3, 0.4) is 0 Å². The van der Waals surface area contributed by atoms with Gasteiger partial charge < -0.3 is 0 Å². The fourth-order valence-electron chi connectivity index (χ4n) is 10.9. The van der Waals surface area contributed by atoms with E-state index in [1.165, 1.54) is 7.06 Å². The third-order valence-corrected chi connectivity index (χ3v) is 14.3. The van der Waals surface area contributed by atoms with Gasteiger partial charge in [0.25, 0.3) is 0 Å². The lowest BCUT2D eigenvalue weighted by Crippen LogP contribution is -2.89. The van der Waals surface area contributed by atoms with Crippen molar-refractivity contribution in [2.24, 2.45) is 0 Å². The Kier molecular flexibility index (Phi) is 23.5. The van der Waals surface area contributed by atoms with Gasteiger partial charge in [0, 0.05) is 141 Å². The average Bonchev–Trinajstić information content (AvgIpc) is 2.88. The summed E-state index contributed by atoms with van der Waals surface area (Å²) in [6.07, 6.45) is 15.1. The first kappa shape index (κ1) is 47.9. The molecule has 0 unspecified atom stereocenters. The summed E-state index contributed by atoms with van der Waals surface area (Å²) in [6.45, 7) is 0. The SMILES string of the molecule is BB(B)B(B)B(BB(B(B(B)B)B(B)B(B(B)B)B(B)B(B)B)B(B(B(B)B)B(B)B(B)B)B(B(B)B)B(B)B(B)B)B(B)B. The number of hydrogen-bond acceptors (Lipinski definition) is 0. The molecule has 0 aliphatic rings. The quantitative estimate of drug-likeness (QED) is 0.129. The van der Waals surface area contributed by atoms with Gasteiger partial charge in [-0.05, 0) is 0 Å². The fourth-order valence-corrected chi connectivity index (χ4v) is 10.9. The molecule has 0 heterocycles. The van der Waals surface area contributed by atoms with Gasteiger partial charge in [0.05, 0.1) is 178 Å². The standard InChI is InChI=1S/B45H47/c1-25(2)34(19)39(29(9)10)24-40(42(31(13)14)38(23)41(30(11)12)35(20)26(3)4)45(43(32(15)16)36(21)27(5)6)44(33(17)18)37(22)28(7)8/h24H,1-23H2. The van der Waals surface area contributed by atoms with Crippen LogP contribution in [0.25, 0.3) is 0 Å². The van der Waals surface area contributed by atoms with E-state index in [0.29, 0.717) is 51.1 Å². The van der Waals surface area contributed by atoms with Gasteiger partial charge in [-0.3, -0.25) is 0 Å². The summed E-state index contributed by atoms with van der Waals surface area (Å²) < 4.78 is 0. The van der Waals surface area contributed by atoms with E-state index in [1.807, 2.05) is 0 Å². The van der Waals surface area contributed by atoms with Crippen molar-refractivity contribution in [1.82, 2.24) is 0 Å². The van der Waals surface area contributed by atoms with Gasteiger partial charge in [-0.25, -0.2) is 0 Å². The van der Waals surface area contributed by atoms with Crippen molar-refractivity contribution >= 4 is 319 Å². The Hall–Kier alpha value is 2.92. The first-order chi connectivity index (χ1) is 20.4. The maximum atomic E-state index is 2.72. The zero-order valence-corrected chi connectivity index (χ0v) is 35.8. The highest BCUT2D eigenvalue weighted by Crippen LogP contribution is 2.15. The third-order valence-electron chi connectivity index (χ3n) is 14.3. The molecular weight excluding hydrogens is 487 g/mol. The predicted octanol–water partition coefficient (Wildman–Crippen LogP) is -29.7. The Morgan fingerprint density at radius 3 is 0.733 bits per heavy atom. The van der Waals surface area contributed by atoms with Crippen molar-refractivity contribution in [3.8, 4) is 0 Å². The summed E-state index contributed by atoms with van der Waals surface area (Å²) in [6, 6.07) is 0. The highest BCUT2D eigenvalue weighted by atomic mass is 13.3. The molecule has 0 saturated heterocycles. The van der Waals surface area contributed by atoms with Crippen LogP contribution in [-0.2, 0) is 0 Å². The zero-order valence-electron chi connectivity index (χ0n) is 35.8. The summed E-state index contributed by atoms with van der Waals surface area (Å²) in [7, 11) is 60.4. The second-order valence-electron chi connectivity index (χ2n) is 19.9. The maximum absolute atomic E-state index is 2.72. The second-order valence-corrected chi connectivity index (χ2v) is 19.9. The van der Waals surface area contributed by atoms with Crippen LogP contribution in [0.1, 0.15) is 0 Å². The Labute approximate surface area is 316 Å². The minimum atomic E-state index is 0.680. The monoisotopic (exact) mass is 543 g/mol. The Morgan fingerprint density at radius 2 is 0.489 bits per heavy atom. The zero-order chi connectivity index (χ0) is 35.8. The summed E-state index contributed by atoms with van der Waals surface area (Å²) in [5, 5.41) is 0. The van der Waals surface area contributed by atoms with Crippen molar-refractivity contribution in [3.63, 3.8) is 0 Å². The van der Waals surface area contributed by atoms with E-state index in [2.05, 4.69) is 178 Å². The molecule has 0 saturated carbocycles. The largest absolute Gasteiger partial charge is 0.0552 e. The first-order valence-corrected chi connectivity index (χ1v) is 20.4. The van der Waals surface area contributed by atoms with Gasteiger partial charge in [-0.1, -0.05) is 0 Å². The van der Waals surface area contributed by atoms with E-state index in [9.17, 15) is 0 Å². The molecule has 45 heteroatoms. The van der Waals surface area contributed by atoms with Crippen molar-refractivity contribution in [2.45, 2.75) is 0 Å². The molecule has 0 N–H and O–H groups in total. The molecule has 0 atom stereocenters. The van der Waals surface area contributed by atoms with Crippen molar-refractivity contribution in [3.05, 3.63) is 0 Å². The minimum Gasteiger partial charge on any atom is 0.000559 e. The minimum absolute atomic E-state index is 0.680. The average molecular weight is 534 g/mol. The summed E-state index contributed by atoms with van der Waals surface area (Å²) in [5.41, 5.74) is 0. The lowest BCUT2D eigenvalue weighted by atomic mass is 8.30. The Balaban J connectivity index is 8.14. The lowest BCUT2D eigenvalue weighted by Gasteiger charge is -2.50. The van der Waals surface area contributed by atoms with E-state index >= 15 is 0 Å². The molecule has 0 aliphatic carbocycles. The molecular formula is H47B45. The lowest BCUT2D eigenvalue weighted by molar-refractivity contribution is 3.25. The van der Waals surface area contributed by atoms with Gasteiger partial charge in [0.1, 0.15) is 0 Å². The van der Waals surface area contributed by atoms with Crippen molar-refractivity contribution in [1.29, 1.82) is 0 Å². The molecule has 0 aromatic carbocycles. The smallest absolute Gasteiger partial charge is 0.000559 e. The van der Waals surface area contributed by atoms with E-state index in [0.717, 1.165) is 83.0 Å². The maximum Gasteiger partial charge on any atom is 0.0552 e. The molecule has 0 spiro atoms. The van der Waals surface area contributed by atoms with Gasteiger partial charge in [-0.2, -0.15) is 0 Å². The molecule has 0 radical (unpaired) electrons. The first-order valence-electron chi connectivity index (χ1n) is 20.4. The van der Waals surface area contributed by atoms with Crippen molar-refractivity contribution < 1.29 is 0 Å². The van der Waals surface area contributed by atoms with Gasteiger partial charge in [-0.15, -0.1) is 0 Å². The van der Waals surface area contributed by atoms with E-state index in [4.69, 9.17) is 0 Å². The van der Waals surface area contributed by atoms with Crippen LogP contribution in [0.5, 0.6) is 0 Å². The molecule has 0 aromatic heterocycles. The topological polar surface area (TPSA) is 0 Å². The Bertz CT molecular complexity index is 724. The second kappa shape index (κ2) is 22.1. The number of hydrogen-bond donors (Lipinski definition) is 0. The van der Waals surface area contributed by atoms with Gasteiger partial charge >= 0.3 is 0 Å². The van der Waals surface area contributed by atoms with Crippen LogP contribution in [0, 0.1) is 0 Å². The van der Waals surface area contributed by atoms with E-state index in [-0.39, 0.29) is 0 Å². The molecule has 0 aliphatic heterocycles. The summed E-state index contributed by atoms with van der Waals surface area (Å²) in [4.78, 5) is 0. The Morgan fingerprint density at radius 1 is 0.200 bits per heavy atom. The molecule has 0 bridgehead atoms. The predicted molar refractivity (Wildman–Crippen MR) is 324 cm³/mol. The van der Waals surface area contributed by atoms with Crippen molar-refractivity contribution in [2.75, 3.05) is 0 Å². The number of rotatable bonds is 21. The van der Waals surface area contributed by atoms with Gasteiger partial charge in [0.2, 0.25) is 0 Å². The van der Waals surface area contributed by atoms with Crippen LogP contribution in [0.4, 0.5) is 0 Å². The molecule has 0 nitrogen and oxygen atoms in total. The molecule has 0 fully saturated rings. The molecule has 0 aromatic rings. The normalized spacial score (nSPS) is 9.60. The highest BCUT2D eigenvalue weighted by molar-refractivity contribution is 8.29. The van der Waals surface area contributed by atoms with Crippen LogP contribution in [0.2, 0.25) is 0 Å². The van der Waals surface area contributed by atoms with Crippen LogP contribution in [-0.4, -0.2) is 319 Å². The highest BCUT2D eigenvalue weighted by Gasteiger charge is 2.55. The van der Waals surface area contributed by atoms with Gasteiger partial charge in [0.15, 0.2) is 0 Å². The van der Waals surface area contributed by atoms with Crippen LogP contribution >= 0.6 is 0 Å². The summed E-state index contributed by atoms with van der Waals surface area (Å²) >= 11 is 0. The molecule has 0 rings (SSSR count). The van der Waals surface area contributed by atoms with Crippen LogP contribution in [0.15, 0.2) is 0 Å². The van der Waals surface area contributed by atoms with E-state index in [1.54, 1.807) is 0 Å². The summed E-state index contributed by atoms with van der Waals surface area (Å²) in [5.74, 6) is 0. The van der Waals surface area contributed by atoms with E-state index < -0.39 is 0 Å². The molecule has 182 valence electrons. The molecule has 45 heavy (non-hydrogen) atoms. The van der Waals surface area contributed by atoms with Crippen LogP contribution < -0.4 is 0 Å². The fraction of sp³-hybridized carbons (Fsp3) is 0.